The van der Waals surface area contributed by atoms with Gasteiger partial charge < -0.3 is 4.57 Å². The van der Waals surface area contributed by atoms with Gasteiger partial charge in [0.2, 0.25) is 0 Å². The molecule has 1 heterocycles. The Balaban J connectivity index is 2.93. The Kier molecular flexibility index (Phi) is 2.39. The summed E-state index contributed by atoms with van der Waals surface area (Å²) < 4.78 is 9.31. The third kappa shape index (κ3) is 1.54. The third-order valence-corrected chi connectivity index (χ3v) is 2.80. The number of nitrogens with zero attached hydrogens (tertiary/aromatic N) is 1. The van der Waals surface area contributed by atoms with E-state index in [0.29, 0.717) is 17.5 Å². The van der Waals surface area contributed by atoms with Gasteiger partial charge in [0, 0.05) is 23.5 Å². The van der Waals surface area contributed by atoms with Crippen LogP contribution in [0.25, 0.3) is 10.9 Å². The summed E-state index contributed by atoms with van der Waals surface area (Å²) in [7, 11) is 1.73. The third-order valence-electron chi connectivity index (χ3n) is 2.44. The Labute approximate surface area is 98.8 Å². The number of aryl methyl sites for hydroxylation is 1. The number of carbonyl (C=O) groups is 1. The molecule has 0 aliphatic rings. The second kappa shape index (κ2) is 3.87. The predicted molar refractivity (Wildman–Crippen MR) is 62.8 cm³/mol. The van der Waals surface area contributed by atoms with Gasteiger partial charge in [-0.15, -0.1) is 0 Å². The topological polar surface area (TPSA) is 22.0 Å². The second-order valence-electron chi connectivity index (χ2n) is 3.22. The maximum absolute atomic E-state index is 11.1. The van der Waals surface area contributed by atoms with Crippen LogP contribution in [0.5, 0.6) is 0 Å². The maximum atomic E-state index is 11.1. The van der Waals surface area contributed by atoms with Gasteiger partial charge in [-0.25, -0.2) is 0 Å². The number of hydrogen-bond donors (Lipinski definition) is 0. The lowest BCUT2D eigenvalue weighted by atomic mass is 10.1. The molecule has 2 nitrogen and oxygen atoms in total. The number of para-hydroxylation sites is 1. The van der Waals surface area contributed by atoms with Gasteiger partial charge in [0.25, 0.3) is 0 Å². The van der Waals surface area contributed by atoms with Crippen molar-refractivity contribution in [2.75, 3.05) is 0 Å². The maximum Gasteiger partial charge on any atom is 0.152 e. The SMILES string of the molecule is [2H]C(Cl)(Cl)c1c(C=O)c2ccccc2n1C. The highest BCUT2D eigenvalue weighted by Gasteiger charge is 2.18. The van der Waals surface area contributed by atoms with Crippen molar-refractivity contribution in [3.8, 4) is 0 Å². The molecule has 2 rings (SSSR count). The lowest BCUT2D eigenvalue weighted by Gasteiger charge is -2.04. The van der Waals surface area contributed by atoms with Gasteiger partial charge in [0.1, 0.15) is 4.81 Å². The average molecular weight is 243 g/mol. The highest BCUT2D eigenvalue weighted by atomic mass is 35.5. The van der Waals surface area contributed by atoms with Crippen molar-refractivity contribution in [2.24, 2.45) is 7.05 Å². The minimum atomic E-state index is -1.83. The van der Waals surface area contributed by atoms with Crippen molar-refractivity contribution in [2.45, 2.75) is 4.81 Å². The molecule has 4 heteroatoms. The van der Waals surface area contributed by atoms with Crippen LogP contribution in [-0.4, -0.2) is 10.9 Å². The Morgan fingerprint density at radius 1 is 1.47 bits per heavy atom. The van der Waals surface area contributed by atoms with E-state index < -0.39 is 4.81 Å². The van der Waals surface area contributed by atoms with E-state index in [1.165, 1.54) is 0 Å². The monoisotopic (exact) mass is 242 g/mol. The van der Waals surface area contributed by atoms with E-state index in [0.717, 1.165) is 10.9 Å². The van der Waals surface area contributed by atoms with Crippen LogP contribution < -0.4 is 0 Å². The molecule has 1 aromatic carbocycles. The molecule has 0 saturated carbocycles. The smallest absolute Gasteiger partial charge is 0.152 e. The zero-order valence-corrected chi connectivity index (χ0v) is 9.51. The van der Waals surface area contributed by atoms with Gasteiger partial charge in [0.15, 0.2) is 6.29 Å². The van der Waals surface area contributed by atoms with Crippen LogP contribution >= 0.6 is 23.2 Å². The molecule has 0 saturated heterocycles. The molecule has 0 unspecified atom stereocenters. The van der Waals surface area contributed by atoms with Crippen molar-refractivity contribution >= 4 is 40.4 Å². The molecular formula is C11H9Cl2NO. The summed E-state index contributed by atoms with van der Waals surface area (Å²) >= 11 is 11.5. The lowest BCUT2D eigenvalue weighted by molar-refractivity contribution is 0.112. The molecule has 78 valence electrons. The fourth-order valence-electron chi connectivity index (χ4n) is 1.77. The van der Waals surface area contributed by atoms with Crippen LogP contribution in [0.1, 0.15) is 22.2 Å². The van der Waals surface area contributed by atoms with Gasteiger partial charge in [-0.1, -0.05) is 41.4 Å². The van der Waals surface area contributed by atoms with Crippen LogP contribution in [0, 0.1) is 0 Å². The first-order chi connectivity index (χ1) is 7.46. The Morgan fingerprint density at radius 2 is 2.13 bits per heavy atom. The Bertz CT molecular complexity index is 557. The van der Waals surface area contributed by atoms with E-state index in [1.807, 2.05) is 24.3 Å². The summed E-state index contributed by atoms with van der Waals surface area (Å²) in [6.45, 7) is 0. The minimum absolute atomic E-state index is 0.298. The van der Waals surface area contributed by atoms with Crippen molar-refractivity contribution < 1.29 is 6.17 Å². The number of benzene rings is 1. The number of aromatic nitrogens is 1. The van der Waals surface area contributed by atoms with Crippen LogP contribution in [0.2, 0.25) is 0 Å². The van der Waals surface area contributed by atoms with Gasteiger partial charge in [-0.2, -0.15) is 0 Å². The first-order valence-electron chi connectivity index (χ1n) is 4.87. The zero-order valence-electron chi connectivity index (χ0n) is 9.00. The first-order valence-corrected chi connectivity index (χ1v) is 5.13. The van der Waals surface area contributed by atoms with Gasteiger partial charge in [-0.3, -0.25) is 4.79 Å². The molecule has 0 aliphatic carbocycles. The summed E-state index contributed by atoms with van der Waals surface area (Å²) in [5, 5.41) is 0.757. The summed E-state index contributed by atoms with van der Waals surface area (Å²) in [6.07, 6.45) is 0.686. The van der Waals surface area contributed by atoms with Gasteiger partial charge in [-0.05, 0) is 6.07 Å². The van der Waals surface area contributed by atoms with E-state index in [9.17, 15) is 4.79 Å². The number of hydrogen-bond acceptors (Lipinski definition) is 1. The summed E-state index contributed by atoms with van der Waals surface area (Å²) in [4.78, 5) is 9.26. The fraction of sp³-hybridized carbons (Fsp3) is 0.182. The molecule has 15 heavy (non-hydrogen) atoms. The van der Waals surface area contributed by atoms with E-state index in [-0.39, 0.29) is 0 Å². The number of halogens is 2. The normalized spacial score (nSPS) is 12.9. The molecule has 0 amide bonds. The van der Waals surface area contributed by atoms with Gasteiger partial charge in [0.05, 0.1) is 7.06 Å². The van der Waals surface area contributed by atoms with E-state index in [2.05, 4.69) is 0 Å². The predicted octanol–water partition coefficient (Wildman–Crippen LogP) is 3.47. The van der Waals surface area contributed by atoms with Crippen molar-refractivity contribution in [3.05, 3.63) is 35.5 Å². The quantitative estimate of drug-likeness (QED) is 0.584. The molecule has 0 aliphatic heterocycles. The molecule has 0 spiro atoms. The molecule has 0 bridgehead atoms. The second-order valence-corrected chi connectivity index (χ2v) is 4.17. The molecule has 0 radical (unpaired) electrons. The number of aldehydes is 1. The minimum Gasteiger partial charge on any atom is -0.345 e. The van der Waals surface area contributed by atoms with Gasteiger partial charge >= 0.3 is 0 Å². The Hall–Kier alpha value is -0.990. The summed E-state index contributed by atoms with van der Waals surface area (Å²) in [6, 6.07) is 7.34. The number of carbonyl (C=O) groups excluding carboxylic acids is 1. The average Bonchev–Trinajstić information content (AvgIpc) is 2.51. The van der Waals surface area contributed by atoms with E-state index in [1.54, 1.807) is 11.6 Å². The first kappa shape index (κ1) is 9.25. The van der Waals surface area contributed by atoms with Crippen LogP contribution in [0.4, 0.5) is 0 Å². The highest BCUT2D eigenvalue weighted by Crippen LogP contribution is 2.33. The van der Waals surface area contributed by atoms with E-state index in [4.69, 9.17) is 24.6 Å². The number of fused-ring (bicyclic) bond motifs is 1. The van der Waals surface area contributed by atoms with Crippen molar-refractivity contribution in [1.82, 2.24) is 4.57 Å². The molecular weight excluding hydrogens is 233 g/mol. The van der Waals surface area contributed by atoms with Crippen LogP contribution in [0.3, 0.4) is 0 Å². The van der Waals surface area contributed by atoms with Crippen molar-refractivity contribution in [1.29, 1.82) is 0 Å². The lowest BCUT2D eigenvalue weighted by Crippen LogP contribution is -1.97. The summed E-state index contributed by atoms with van der Waals surface area (Å²) in [5.74, 6) is 0. The van der Waals surface area contributed by atoms with Crippen LogP contribution in [0.15, 0.2) is 24.3 Å². The Morgan fingerprint density at radius 3 is 2.73 bits per heavy atom. The fourth-order valence-corrected chi connectivity index (χ4v) is 2.23. The van der Waals surface area contributed by atoms with E-state index >= 15 is 0 Å². The largest absolute Gasteiger partial charge is 0.345 e. The standard InChI is InChI=1S/C11H9Cl2NO/c1-14-9-5-3-2-4-7(9)8(6-15)10(14)11(12)13/h2-6,11H,1H3/i11D. The molecule has 0 atom stereocenters. The zero-order chi connectivity index (χ0) is 11.9. The van der Waals surface area contributed by atoms with Crippen LogP contribution in [-0.2, 0) is 7.05 Å². The molecule has 0 N–H and O–H groups in total. The summed E-state index contributed by atoms with van der Waals surface area (Å²) in [5.41, 5.74) is 1.50. The molecule has 1 aromatic heterocycles. The molecule has 2 aromatic rings. The highest BCUT2D eigenvalue weighted by molar-refractivity contribution is 6.44. The number of rotatable bonds is 2. The molecule has 0 fully saturated rings. The van der Waals surface area contributed by atoms with Crippen molar-refractivity contribution in [3.63, 3.8) is 0 Å². The number of alkyl halides is 2.